The first kappa shape index (κ1) is 14.3. The number of rotatable bonds is 3. The van der Waals surface area contributed by atoms with Crippen molar-refractivity contribution < 1.29 is 12.8 Å². The Balaban J connectivity index is 2.24. The summed E-state index contributed by atoms with van der Waals surface area (Å²) in [6.07, 6.45) is 1.17. The van der Waals surface area contributed by atoms with Crippen LogP contribution in [0.3, 0.4) is 0 Å². The fraction of sp³-hybridized carbons (Fsp3) is 0. The van der Waals surface area contributed by atoms with Crippen LogP contribution in [-0.2, 0) is 10.0 Å². The molecule has 1 heterocycles. The molecule has 0 unspecified atom stereocenters. The third kappa shape index (κ3) is 2.35. The van der Waals surface area contributed by atoms with Crippen molar-refractivity contribution in [2.45, 2.75) is 4.90 Å². The predicted octanol–water partition coefficient (Wildman–Crippen LogP) is 2.51. The third-order valence-electron chi connectivity index (χ3n) is 3.11. The average Bonchev–Trinajstić information content (AvgIpc) is 2.91. The summed E-state index contributed by atoms with van der Waals surface area (Å²) < 4.78 is 40.3. The lowest BCUT2D eigenvalue weighted by atomic mass is 10.2. The molecule has 0 aliphatic carbocycles. The Morgan fingerprint density at radius 1 is 1.00 bits per heavy atom. The van der Waals surface area contributed by atoms with Gasteiger partial charge in [-0.15, -0.1) is 0 Å². The van der Waals surface area contributed by atoms with E-state index in [2.05, 4.69) is 4.98 Å². The van der Waals surface area contributed by atoms with Crippen LogP contribution < -0.4 is 5.73 Å². The van der Waals surface area contributed by atoms with Crippen molar-refractivity contribution in [1.82, 2.24) is 8.96 Å². The number of nitrogens with zero attached hydrogens (tertiary/aromatic N) is 2. The van der Waals surface area contributed by atoms with Gasteiger partial charge in [0.15, 0.2) is 5.82 Å². The van der Waals surface area contributed by atoms with E-state index in [9.17, 15) is 12.8 Å². The van der Waals surface area contributed by atoms with Gasteiger partial charge in [0.2, 0.25) is 0 Å². The molecule has 5 nitrogen and oxygen atoms in total. The highest BCUT2D eigenvalue weighted by atomic mass is 32.2. The van der Waals surface area contributed by atoms with E-state index in [0.29, 0.717) is 0 Å². The van der Waals surface area contributed by atoms with Crippen molar-refractivity contribution in [2.75, 3.05) is 5.73 Å². The third-order valence-corrected chi connectivity index (χ3v) is 4.77. The molecule has 0 saturated heterocycles. The molecule has 0 amide bonds. The summed E-state index contributed by atoms with van der Waals surface area (Å²) in [5.74, 6) is -0.630. The molecule has 7 heteroatoms. The molecule has 0 saturated carbocycles. The number of nitrogen functional groups attached to an aromatic ring is 1. The normalized spacial score (nSPS) is 11.5. The molecule has 0 aliphatic rings. The minimum Gasteiger partial charge on any atom is -0.382 e. The van der Waals surface area contributed by atoms with Gasteiger partial charge in [0.1, 0.15) is 11.6 Å². The summed E-state index contributed by atoms with van der Waals surface area (Å²) >= 11 is 0. The van der Waals surface area contributed by atoms with Crippen molar-refractivity contribution in [3.63, 3.8) is 0 Å². The number of imidazole rings is 1. The molecule has 1 aromatic heterocycles. The van der Waals surface area contributed by atoms with Crippen LogP contribution in [0.2, 0.25) is 0 Å². The zero-order chi connectivity index (χ0) is 15.7. The molecule has 3 aromatic rings. The molecule has 0 atom stereocenters. The fourth-order valence-electron chi connectivity index (χ4n) is 2.09. The maximum atomic E-state index is 14.0. The highest BCUT2D eigenvalue weighted by molar-refractivity contribution is 7.90. The van der Waals surface area contributed by atoms with Crippen molar-refractivity contribution in [1.29, 1.82) is 0 Å². The predicted molar refractivity (Wildman–Crippen MR) is 81.1 cm³/mol. The Morgan fingerprint density at radius 3 is 2.32 bits per heavy atom. The van der Waals surface area contributed by atoms with E-state index >= 15 is 0 Å². The Kier molecular flexibility index (Phi) is 3.42. The van der Waals surface area contributed by atoms with Crippen LogP contribution in [0.4, 0.5) is 10.2 Å². The van der Waals surface area contributed by atoms with E-state index in [1.807, 2.05) is 0 Å². The number of anilines is 1. The highest BCUT2D eigenvalue weighted by Crippen LogP contribution is 2.26. The molecule has 0 bridgehead atoms. The number of benzene rings is 2. The van der Waals surface area contributed by atoms with Crippen molar-refractivity contribution in [2.24, 2.45) is 0 Å². The maximum Gasteiger partial charge on any atom is 0.269 e. The largest absolute Gasteiger partial charge is 0.382 e. The van der Waals surface area contributed by atoms with E-state index in [4.69, 9.17) is 5.73 Å². The molecule has 112 valence electrons. The summed E-state index contributed by atoms with van der Waals surface area (Å²) in [5.41, 5.74) is 5.69. The second kappa shape index (κ2) is 5.27. The van der Waals surface area contributed by atoms with Crippen LogP contribution in [0.15, 0.2) is 65.7 Å². The van der Waals surface area contributed by atoms with Gasteiger partial charge in [-0.05, 0) is 24.3 Å². The van der Waals surface area contributed by atoms with Crippen LogP contribution in [0, 0.1) is 5.82 Å². The van der Waals surface area contributed by atoms with Crippen LogP contribution in [-0.4, -0.2) is 17.4 Å². The second-order valence-corrected chi connectivity index (χ2v) is 6.40. The first-order valence-electron chi connectivity index (χ1n) is 6.40. The van der Waals surface area contributed by atoms with E-state index in [-0.39, 0.29) is 22.1 Å². The summed E-state index contributed by atoms with van der Waals surface area (Å²) in [5, 5.41) is 0. The molecule has 0 spiro atoms. The lowest BCUT2D eigenvalue weighted by Gasteiger charge is -2.09. The SMILES string of the molecule is Nc1cn(S(=O)(=O)c2ccccc2)c(-c2ccccc2F)n1. The first-order chi connectivity index (χ1) is 10.5. The molecule has 0 fully saturated rings. The minimum absolute atomic E-state index is 0.00207. The van der Waals surface area contributed by atoms with Gasteiger partial charge in [0, 0.05) is 0 Å². The number of aromatic nitrogens is 2. The summed E-state index contributed by atoms with van der Waals surface area (Å²) in [6.45, 7) is 0. The summed E-state index contributed by atoms with van der Waals surface area (Å²) in [6, 6.07) is 13.6. The number of hydrogen-bond acceptors (Lipinski definition) is 4. The summed E-state index contributed by atoms with van der Waals surface area (Å²) in [7, 11) is -3.91. The van der Waals surface area contributed by atoms with Crippen LogP contribution in [0.5, 0.6) is 0 Å². The molecule has 0 aliphatic heterocycles. The molecule has 3 rings (SSSR count). The smallest absolute Gasteiger partial charge is 0.269 e. The highest BCUT2D eigenvalue weighted by Gasteiger charge is 2.23. The number of nitrogens with two attached hydrogens (primary N) is 1. The van der Waals surface area contributed by atoms with Crippen LogP contribution >= 0.6 is 0 Å². The van der Waals surface area contributed by atoms with Crippen LogP contribution in [0.25, 0.3) is 11.4 Å². The molecule has 22 heavy (non-hydrogen) atoms. The van der Waals surface area contributed by atoms with E-state index < -0.39 is 15.8 Å². The zero-order valence-corrected chi connectivity index (χ0v) is 12.2. The lowest BCUT2D eigenvalue weighted by Crippen LogP contribution is -2.13. The van der Waals surface area contributed by atoms with Crippen molar-refractivity contribution in [3.8, 4) is 11.4 Å². The summed E-state index contributed by atoms with van der Waals surface area (Å²) in [4.78, 5) is 4.03. The van der Waals surface area contributed by atoms with Gasteiger partial charge in [0.25, 0.3) is 10.0 Å². The van der Waals surface area contributed by atoms with E-state index in [0.717, 1.165) is 3.97 Å². The number of halogens is 1. The molecular weight excluding hydrogens is 305 g/mol. The van der Waals surface area contributed by atoms with Gasteiger partial charge in [-0.3, -0.25) is 0 Å². The lowest BCUT2D eigenvalue weighted by molar-refractivity contribution is 0.587. The van der Waals surface area contributed by atoms with Gasteiger partial charge < -0.3 is 5.73 Å². The molecule has 2 N–H and O–H groups in total. The Bertz CT molecular complexity index is 921. The van der Waals surface area contributed by atoms with Gasteiger partial charge in [-0.25, -0.2) is 21.8 Å². The first-order valence-corrected chi connectivity index (χ1v) is 7.84. The topological polar surface area (TPSA) is 78.0 Å². The molecular formula is C15H12FN3O2S. The Hall–Kier alpha value is -2.67. The maximum absolute atomic E-state index is 14.0. The molecule has 0 radical (unpaired) electrons. The average molecular weight is 317 g/mol. The van der Waals surface area contributed by atoms with Gasteiger partial charge in [0.05, 0.1) is 16.7 Å². The monoisotopic (exact) mass is 317 g/mol. The van der Waals surface area contributed by atoms with Crippen molar-refractivity contribution >= 4 is 15.8 Å². The van der Waals surface area contributed by atoms with Crippen LogP contribution in [0.1, 0.15) is 0 Å². The van der Waals surface area contributed by atoms with Gasteiger partial charge >= 0.3 is 0 Å². The fourth-order valence-corrected chi connectivity index (χ4v) is 3.43. The zero-order valence-electron chi connectivity index (χ0n) is 11.3. The Morgan fingerprint density at radius 2 is 1.64 bits per heavy atom. The number of hydrogen-bond donors (Lipinski definition) is 1. The second-order valence-electron chi connectivity index (χ2n) is 4.58. The standard InChI is InChI=1S/C15H12FN3O2S/c16-13-9-5-4-8-12(13)15-18-14(17)10-19(15)22(20,21)11-6-2-1-3-7-11/h1-10H,17H2. The Labute approximate surface area is 126 Å². The van der Waals surface area contributed by atoms with Crippen molar-refractivity contribution in [3.05, 3.63) is 66.6 Å². The van der Waals surface area contributed by atoms with E-state index in [1.54, 1.807) is 24.3 Å². The van der Waals surface area contributed by atoms with E-state index in [1.165, 1.54) is 36.5 Å². The minimum atomic E-state index is -3.91. The van der Waals surface area contributed by atoms with Gasteiger partial charge in [-0.1, -0.05) is 30.3 Å². The van der Waals surface area contributed by atoms with Gasteiger partial charge in [-0.2, -0.15) is 0 Å². The quantitative estimate of drug-likeness (QED) is 0.805. The molecule has 2 aromatic carbocycles.